The van der Waals surface area contributed by atoms with Gasteiger partial charge in [-0.25, -0.2) is 0 Å². The maximum atomic E-state index is 11.7. The van der Waals surface area contributed by atoms with Gasteiger partial charge in [0.15, 0.2) is 0 Å². The quantitative estimate of drug-likeness (QED) is 0.784. The molecule has 0 aliphatic carbocycles. The molecule has 0 spiro atoms. The van der Waals surface area contributed by atoms with Crippen molar-refractivity contribution in [2.45, 2.75) is 66.7 Å². The van der Waals surface area contributed by atoms with Gasteiger partial charge >= 0.3 is 5.97 Å². The number of aliphatic carboxylic acids is 1. The van der Waals surface area contributed by atoms with Crippen molar-refractivity contribution in [1.82, 2.24) is 0 Å². The molecule has 0 aliphatic rings. The topological polar surface area (TPSA) is 54.4 Å². The number of carboxylic acid groups (broad SMARTS) is 1. The smallest absolute Gasteiger partial charge is 0.307 e. The lowest BCUT2D eigenvalue weighted by atomic mass is 9.76. The molecule has 1 atom stereocenters. The van der Waals surface area contributed by atoms with Crippen molar-refractivity contribution in [2.75, 3.05) is 0 Å². The molecule has 3 heteroatoms. The fourth-order valence-corrected chi connectivity index (χ4v) is 2.34. The third kappa shape index (κ3) is 6.42. The van der Waals surface area contributed by atoms with Gasteiger partial charge in [-0.2, -0.15) is 0 Å². The Kier molecular flexibility index (Phi) is 8.69. The van der Waals surface area contributed by atoms with Crippen LogP contribution in [0.2, 0.25) is 0 Å². The fraction of sp³-hybridized carbons (Fsp3) is 0.579. The Labute approximate surface area is 134 Å². The predicted molar refractivity (Wildman–Crippen MR) is 91.2 cm³/mol. The molecule has 0 amide bonds. The van der Waals surface area contributed by atoms with E-state index in [1.807, 2.05) is 52.0 Å². The standard InChI is InChI=1S/C17H24O3.C2H6/c1-5-14(11-17(3,4)12(2)18)15-8-6-13(7-9-15)10-16(19)20;1-2/h6-9,14H,5,10-11H2,1-4H3,(H,19,20);1-2H3. The van der Waals surface area contributed by atoms with Crippen LogP contribution in [0.15, 0.2) is 24.3 Å². The number of carbonyl (C=O) groups excluding carboxylic acids is 1. The first kappa shape index (κ1) is 20.4. The van der Waals surface area contributed by atoms with Crippen LogP contribution in [0.1, 0.15) is 71.4 Å². The number of ketones is 1. The highest BCUT2D eigenvalue weighted by Crippen LogP contribution is 2.34. The molecule has 3 nitrogen and oxygen atoms in total. The van der Waals surface area contributed by atoms with Crippen molar-refractivity contribution in [3.05, 3.63) is 35.4 Å². The number of rotatable bonds is 7. The average molecular weight is 306 g/mol. The molecule has 1 aromatic rings. The van der Waals surface area contributed by atoms with Gasteiger partial charge in [0.1, 0.15) is 5.78 Å². The minimum Gasteiger partial charge on any atom is -0.481 e. The molecular weight excluding hydrogens is 276 g/mol. The van der Waals surface area contributed by atoms with Gasteiger partial charge < -0.3 is 5.11 Å². The van der Waals surface area contributed by atoms with Gasteiger partial charge in [-0.1, -0.05) is 58.9 Å². The third-order valence-electron chi connectivity index (χ3n) is 4.01. The van der Waals surface area contributed by atoms with Crippen molar-refractivity contribution in [3.63, 3.8) is 0 Å². The van der Waals surface area contributed by atoms with Crippen LogP contribution in [0.25, 0.3) is 0 Å². The molecule has 1 aromatic carbocycles. The minimum atomic E-state index is -0.817. The molecular formula is C19H30O3. The van der Waals surface area contributed by atoms with Crippen molar-refractivity contribution in [2.24, 2.45) is 5.41 Å². The van der Waals surface area contributed by atoms with Gasteiger partial charge in [0.2, 0.25) is 0 Å². The van der Waals surface area contributed by atoms with Crippen LogP contribution in [-0.2, 0) is 16.0 Å². The second-order valence-corrected chi connectivity index (χ2v) is 6.06. The first-order valence-electron chi connectivity index (χ1n) is 8.08. The van der Waals surface area contributed by atoms with Crippen LogP contribution in [-0.4, -0.2) is 16.9 Å². The van der Waals surface area contributed by atoms with Gasteiger partial charge in [-0.15, -0.1) is 0 Å². The Balaban J connectivity index is 0.00000211. The Morgan fingerprint density at radius 3 is 2.00 bits per heavy atom. The van der Waals surface area contributed by atoms with E-state index < -0.39 is 5.97 Å². The Morgan fingerprint density at radius 1 is 1.14 bits per heavy atom. The van der Waals surface area contributed by atoms with E-state index in [2.05, 4.69) is 6.92 Å². The molecule has 0 fully saturated rings. The minimum absolute atomic E-state index is 0.0516. The Hall–Kier alpha value is -1.64. The SMILES string of the molecule is CC.CCC(CC(C)(C)C(C)=O)c1ccc(CC(=O)O)cc1. The van der Waals surface area contributed by atoms with Crippen molar-refractivity contribution >= 4 is 11.8 Å². The van der Waals surface area contributed by atoms with Crippen LogP contribution >= 0.6 is 0 Å². The van der Waals surface area contributed by atoms with Crippen molar-refractivity contribution in [3.8, 4) is 0 Å². The van der Waals surface area contributed by atoms with Crippen LogP contribution in [0.5, 0.6) is 0 Å². The molecule has 0 heterocycles. The Bertz CT molecular complexity index is 472. The van der Waals surface area contributed by atoms with Crippen LogP contribution in [0.3, 0.4) is 0 Å². The lowest BCUT2D eigenvalue weighted by Crippen LogP contribution is -2.24. The largest absolute Gasteiger partial charge is 0.481 e. The van der Waals surface area contributed by atoms with Gasteiger partial charge in [0.05, 0.1) is 6.42 Å². The average Bonchev–Trinajstić information content (AvgIpc) is 2.47. The summed E-state index contributed by atoms with van der Waals surface area (Å²) >= 11 is 0. The second kappa shape index (κ2) is 9.39. The zero-order valence-electron chi connectivity index (χ0n) is 14.8. The van der Waals surface area contributed by atoms with E-state index in [0.717, 1.165) is 18.4 Å². The third-order valence-corrected chi connectivity index (χ3v) is 4.01. The van der Waals surface area contributed by atoms with Gasteiger partial charge in [-0.3, -0.25) is 9.59 Å². The molecule has 0 bridgehead atoms. The predicted octanol–water partition coefficient (Wildman–Crippen LogP) is 4.84. The number of hydrogen-bond acceptors (Lipinski definition) is 2. The van der Waals surface area contributed by atoms with Gasteiger partial charge in [0, 0.05) is 5.41 Å². The van der Waals surface area contributed by atoms with E-state index in [1.165, 1.54) is 5.56 Å². The van der Waals surface area contributed by atoms with Gasteiger partial charge in [-0.05, 0) is 36.8 Å². The van der Waals surface area contributed by atoms with E-state index in [-0.39, 0.29) is 17.6 Å². The van der Waals surface area contributed by atoms with E-state index in [0.29, 0.717) is 5.92 Å². The van der Waals surface area contributed by atoms with Crippen LogP contribution in [0.4, 0.5) is 0 Å². The molecule has 0 saturated carbocycles. The molecule has 124 valence electrons. The number of carboxylic acids is 1. The lowest BCUT2D eigenvalue weighted by molar-refractivity contribution is -0.136. The molecule has 0 saturated heterocycles. The van der Waals surface area contributed by atoms with Crippen molar-refractivity contribution in [1.29, 1.82) is 0 Å². The first-order chi connectivity index (χ1) is 10.3. The number of benzene rings is 1. The van der Waals surface area contributed by atoms with Crippen LogP contribution < -0.4 is 0 Å². The molecule has 0 aliphatic heterocycles. The molecule has 22 heavy (non-hydrogen) atoms. The summed E-state index contributed by atoms with van der Waals surface area (Å²) in [5, 5.41) is 8.77. The number of hydrogen-bond donors (Lipinski definition) is 1. The van der Waals surface area contributed by atoms with E-state index in [4.69, 9.17) is 5.11 Å². The monoisotopic (exact) mass is 306 g/mol. The van der Waals surface area contributed by atoms with Crippen molar-refractivity contribution < 1.29 is 14.7 Å². The zero-order valence-corrected chi connectivity index (χ0v) is 14.8. The molecule has 1 unspecified atom stereocenters. The first-order valence-corrected chi connectivity index (χ1v) is 8.08. The number of Topliss-reactive ketones (excluding diaryl/α,β-unsaturated/α-hetero) is 1. The van der Waals surface area contributed by atoms with E-state index in [9.17, 15) is 9.59 Å². The van der Waals surface area contributed by atoms with Gasteiger partial charge in [0.25, 0.3) is 0 Å². The summed E-state index contributed by atoms with van der Waals surface area (Å²) in [6.45, 7) is 11.7. The molecule has 1 rings (SSSR count). The summed E-state index contributed by atoms with van der Waals surface area (Å²) in [5.74, 6) is -0.284. The maximum absolute atomic E-state index is 11.7. The summed E-state index contributed by atoms with van der Waals surface area (Å²) in [7, 11) is 0. The zero-order chi connectivity index (χ0) is 17.3. The molecule has 0 radical (unpaired) electrons. The normalized spacial score (nSPS) is 12.1. The number of carbonyl (C=O) groups is 2. The lowest BCUT2D eigenvalue weighted by Gasteiger charge is -2.27. The summed E-state index contributed by atoms with van der Waals surface area (Å²) in [4.78, 5) is 22.3. The summed E-state index contributed by atoms with van der Waals surface area (Å²) < 4.78 is 0. The van der Waals surface area contributed by atoms with Crippen LogP contribution in [0, 0.1) is 5.41 Å². The summed E-state index contributed by atoms with van der Waals surface area (Å²) in [5.41, 5.74) is 1.67. The Morgan fingerprint density at radius 2 is 1.64 bits per heavy atom. The molecule has 1 N–H and O–H groups in total. The highest BCUT2D eigenvalue weighted by Gasteiger charge is 2.27. The molecule has 0 aromatic heterocycles. The highest BCUT2D eigenvalue weighted by molar-refractivity contribution is 5.81. The fourth-order valence-electron chi connectivity index (χ4n) is 2.34. The summed E-state index contributed by atoms with van der Waals surface area (Å²) in [6.07, 6.45) is 1.84. The second-order valence-electron chi connectivity index (χ2n) is 6.06. The summed E-state index contributed by atoms with van der Waals surface area (Å²) in [6, 6.07) is 7.71. The van der Waals surface area contributed by atoms with E-state index in [1.54, 1.807) is 6.92 Å². The maximum Gasteiger partial charge on any atom is 0.307 e. The highest BCUT2D eigenvalue weighted by atomic mass is 16.4. The van der Waals surface area contributed by atoms with E-state index >= 15 is 0 Å².